The summed E-state index contributed by atoms with van der Waals surface area (Å²) >= 11 is 0. The van der Waals surface area contributed by atoms with Crippen LogP contribution in [0.3, 0.4) is 0 Å². The molecule has 7 heteroatoms. The predicted molar refractivity (Wildman–Crippen MR) is 64.0 cm³/mol. The standard InChI is InChI=1S/C11H17N5O2/c1-7(2)9-12-10(14-13-9)11(18)16-5-4-15(3)8(17)6-16/h7H,4-6H2,1-3H3,(H,12,13,14). The van der Waals surface area contributed by atoms with Gasteiger partial charge in [0.15, 0.2) is 0 Å². The van der Waals surface area contributed by atoms with Gasteiger partial charge in [-0.3, -0.25) is 14.7 Å². The molecule has 0 spiro atoms. The zero-order valence-electron chi connectivity index (χ0n) is 10.8. The number of aromatic nitrogens is 3. The summed E-state index contributed by atoms with van der Waals surface area (Å²) in [5.74, 6) is 0.650. The summed E-state index contributed by atoms with van der Waals surface area (Å²) in [6.07, 6.45) is 0. The average Bonchev–Trinajstić information content (AvgIpc) is 2.81. The van der Waals surface area contributed by atoms with E-state index in [4.69, 9.17) is 0 Å². The first-order valence-corrected chi connectivity index (χ1v) is 5.94. The molecule has 2 heterocycles. The zero-order chi connectivity index (χ0) is 13.3. The summed E-state index contributed by atoms with van der Waals surface area (Å²) in [6.45, 7) is 5.10. The van der Waals surface area contributed by atoms with Gasteiger partial charge in [0, 0.05) is 26.1 Å². The van der Waals surface area contributed by atoms with Crippen molar-refractivity contribution in [2.24, 2.45) is 0 Å². The molecule has 1 N–H and O–H groups in total. The Labute approximate surface area is 105 Å². The molecule has 0 saturated carbocycles. The van der Waals surface area contributed by atoms with Crippen molar-refractivity contribution in [2.45, 2.75) is 19.8 Å². The molecule has 1 aromatic heterocycles. The lowest BCUT2D eigenvalue weighted by Gasteiger charge is -2.31. The summed E-state index contributed by atoms with van der Waals surface area (Å²) in [7, 11) is 1.73. The SMILES string of the molecule is CC(C)c1nc(C(=O)N2CCN(C)C(=O)C2)n[nH]1. The number of hydrogen-bond acceptors (Lipinski definition) is 4. The molecule has 1 saturated heterocycles. The zero-order valence-corrected chi connectivity index (χ0v) is 10.8. The Kier molecular flexibility index (Phi) is 3.31. The van der Waals surface area contributed by atoms with Crippen LogP contribution in [0.25, 0.3) is 0 Å². The number of nitrogens with zero attached hydrogens (tertiary/aromatic N) is 4. The Hall–Kier alpha value is -1.92. The Morgan fingerprint density at radius 1 is 1.39 bits per heavy atom. The topological polar surface area (TPSA) is 82.2 Å². The van der Waals surface area contributed by atoms with Crippen LogP contribution >= 0.6 is 0 Å². The third kappa shape index (κ3) is 2.34. The van der Waals surface area contributed by atoms with Crippen molar-refractivity contribution in [3.05, 3.63) is 11.6 Å². The van der Waals surface area contributed by atoms with Crippen molar-refractivity contribution in [2.75, 3.05) is 26.7 Å². The summed E-state index contributed by atoms with van der Waals surface area (Å²) in [4.78, 5) is 30.9. The van der Waals surface area contributed by atoms with Crippen molar-refractivity contribution in [1.29, 1.82) is 0 Å². The van der Waals surface area contributed by atoms with Crippen molar-refractivity contribution in [1.82, 2.24) is 25.0 Å². The molecule has 1 aliphatic heterocycles. The Bertz CT molecular complexity index is 468. The second-order valence-corrected chi connectivity index (χ2v) is 4.74. The fourth-order valence-corrected chi connectivity index (χ4v) is 1.70. The van der Waals surface area contributed by atoms with Crippen molar-refractivity contribution < 1.29 is 9.59 Å². The van der Waals surface area contributed by atoms with E-state index in [2.05, 4.69) is 15.2 Å². The quantitative estimate of drug-likeness (QED) is 0.792. The van der Waals surface area contributed by atoms with Gasteiger partial charge in [0.1, 0.15) is 12.4 Å². The molecular formula is C11H17N5O2. The van der Waals surface area contributed by atoms with Crippen LogP contribution in [0, 0.1) is 0 Å². The first-order valence-electron chi connectivity index (χ1n) is 5.94. The van der Waals surface area contributed by atoms with Crippen LogP contribution in [0.2, 0.25) is 0 Å². The van der Waals surface area contributed by atoms with Crippen LogP contribution in [-0.2, 0) is 4.79 Å². The number of piperazine rings is 1. The third-order valence-electron chi connectivity index (χ3n) is 2.99. The lowest BCUT2D eigenvalue weighted by Crippen LogP contribution is -2.50. The molecule has 98 valence electrons. The fraction of sp³-hybridized carbons (Fsp3) is 0.636. The van der Waals surface area contributed by atoms with Gasteiger partial charge in [-0.25, -0.2) is 4.98 Å². The van der Waals surface area contributed by atoms with Crippen LogP contribution in [-0.4, -0.2) is 63.5 Å². The van der Waals surface area contributed by atoms with Gasteiger partial charge in [0.25, 0.3) is 5.91 Å². The molecule has 0 unspecified atom stereocenters. The number of likely N-dealkylation sites (N-methyl/N-ethyl adjacent to an activating group) is 1. The van der Waals surface area contributed by atoms with Gasteiger partial charge < -0.3 is 9.80 Å². The van der Waals surface area contributed by atoms with E-state index < -0.39 is 0 Å². The first kappa shape index (κ1) is 12.5. The number of hydrogen-bond donors (Lipinski definition) is 1. The maximum Gasteiger partial charge on any atom is 0.294 e. The van der Waals surface area contributed by atoms with E-state index >= 15 is 0 Å². The molecule has 2 amide bonds. The minimum absolute atomic E-state index is 0.0609. The highest BCUT2D eigenvalue weighted by atomic mass is 16.2. The number of carbonyl (C=O) groups excluding carboxylic acids is 2. The van der Waals surface area contributed by atoms with Crippen LogP contribution < -0.4 is 0 Å². The summed E-state index contributed by atoms with van der Waals surface area (Å²) < 4.78 is 0. The minimum Gasteiger partial charge on any atom is -0.342 e. The first-order chi connectivity index (χ1) is 8.49. The monoisotopic (exact) mass is 251 g/mol. The van der Waals surface area contributed by atoms with Gasteiger partial charge in [0.05, 0.1) is 0 Å². The van der Waals surface area contributed by atoms with Crippen LogP contribution in [0.5, 0.6) is 0 Å². The van der Waals surface area contributed by atoms with E-state index in [9.17, 15) is 9.59 Å². The van der Waals surface area contributed by atoms with Crippen molar-refractivity contribution in [3.8, 4) is 0 Å². The normalized spacial score (nSPS) is 16.6. The third-order valence-corrected chi connectivity index (χ3v) is 2.99. The lowest BCUT2D eigenvalue weighted by molar-refractivity contribution is -0.133. The Morgan fingerprint density at radius 2 is 2.11 bits per heavy atom. The number of carbonyl (C=O) groups is 2. The summed E-state index contributed by atoms with van der Waals surface area (Å²) in [5, 5.41) is 6.65. The van der Waals surface area contributed by atoms with E-state index in [-0.39, 0.29) is 30.1 Å². The van der Waals surface area contributed by atoms with Crippen molar-refractivity contribution >= 4 is 11.8 Å². The lowest BCUT2D eigenvalue weighted by atomic mass is 10.2. The van der Waals surface area contributed by atoms with Crippen LogP contribution in [0.4, 0.5) is 0 Å². The summed E-state index contributed by atoms with van der Waals surface area (Å²) in [5.41, 5.74) is 0. The van der Waals surface area contributed by atoms with Gasteiger partial charge in [-0.2, -0.15) is 0 Å². The van der Waals surface area contributed by atoms with E-state index in [1.54, 1.807) is 11.9 Å². The average molecular weight is 251 g/mol. The number of H-pyrrole nitrogens is 1. The van der Waals surface area contributed by atoms with Gasteiger partial charge in [-0.1, -0.05) is 13.8 Å². The Morgan fingerprint density at radius 3 is 2.67 bits per heavy atom. The van der Waals surface area contributed by atoms with Gasteiger partial charge in [0.2, 0.25) is 11.7 Å². The highest BCUT2D eigenvalue weighted by Crippen LogP contribution is 2.10. The van der Waals surface area contributed by atoms with E-state index in [0.717, 1.165) is 0 Å². The molecule has 0 radical (unpaired) electrons. The van der Waals surface area contributed by atoms with Crippen LogP contribution in [0.15, 0.2) is 0 Å². The smallest absolute Gasteiger partial charge is 0.294 e. The van der Waals surface area contributed by atoms with E-state index in [1.165, 1.54) is 4.90 Å². The molecule has 0 atom stereocenters. The molecule has 0 aromatic carbocycles. The highest BCUT2D eigenvalue weighted by molar-refractivity contribution is 5.94. The van der Waals surface area contributed by atoms with Crippen molar-refractivity contribution in [3.63, 3.8) is 0 Å². The van der Waals surface area contributed by atoms with E-state index in [0.29, 0.717) is 18.9 Å². The Balaban J connectivity index is 2.09. The maximum absolute atomic E-state index is 12.1. The van der Waals surface area contributed by atoms with E-state index in [1.807, 2.05) is 13.8 Å². The fourth-order valence-electron chi connectivity index (χ4n) is 1.70. The molecule has 18 heavy (non-hydrogen) atoms. The molecule has 0 aliphatic carbocycles. The molecule has 2 rings (SSSR count). The largest absolute Gasteiger partial charge is 0.342 e. The van der Waals surface area contributed by atoms with Gasteiger partial charge >= 0.3 is 0 Å². The van der Waals surface area contributed by atoms with Gasteiger partial charge in [-0.15, -0.1) is 5.10 Å². The molecule has 1 fully saturated rings. The number of nitrogens with one attached hydrogen (secondary N) is 1. The number of rotatable bonds is 2. The second-order valence-electron chi connectivity index (χ2n) is 4.74. The second kappa shape index (κ2) is 4.75. The highest BCUT2D eigenvalue weighted by Gasteiger charge is 2.27. The molecule has 7 nitrogen and oxygen atoms in total. The molecule has 1 aromatic rings. The maximum atomic E-state index is 12.1. The number of amides is 2. The number of aromatic amines is 1. The predicted octanol–water partition coefficient (Wildman–Crippen LogP) is -0.158. The minimum atomic E-state index is -0.292. The van der Waals surface area contributed by atoms with Gasteiger partial charge in [-0.05, 0) is 0 Å². The molecular weight excluding hydrogens is 234 g/mol. The molecule has 0 bridgehead atoms. The van der Waals surface area contributed by atoms with Crippen LogP contribution in [0.1, 0.15) is 36.2 Å². The molecule has 1 aliphatic rings. The summed E-state index contributed by atoms with van der Waals surface area (Å²) in [6, 6.07) is 0.